The van der Waals surface area contributed by atoms with Crippen LogP contribution in [0.3, 0.4) is 0 Å². The van der Waals surface area contributed by atoms with Crippen LogP contribution in [0.15, 0.2) is 48.6 Å². The second kappa shape index (κ2) is 49.3. The number of amides is 1. The minimum absolute atomic E-state index is 0.343. The molecule has 0 saturated heterocycles. The number of rotatable bonds is 48. The zero-order valence-electron chi connectivity index (χ0n) is 40.4. The van der Waals surface area contributed by atoms with Gasteiger partial charge in [0.05, 0.1) is 18.8 Å². The lowest BCUT2D eigenvalue weighted by Crippen LogP contribution is -2.53. The van der Waals surface area contributed by atoms with Crippen molar-refractivity contribution in [1.29, 1.82) is 0 Å². The first-order valence-corrected chi connectivity index (χ1v) is 26.5. The molecule has 0 aliphatic rings. The zero-order valence-corrected chi connectivity index (χ0v) is 40.4. The monoisotopic (exact) mass is 858 g/mol. The van der Waals surface area contributed by atoms with E-state index in [0.29, 0.717) is 19.3 Å². The number of hydrogen-bond donors (Lipinski definition) is 5. The number of allylic oxidation sites excluding steroid dienone is 8. The fourth-order valence-electron chi connectivity index (χ4n) is 8.02. The third-order valence-corrected chi connectivity index (χ3v) is 12.2. The Morgan fingerprint density at radius 3 is 1.03 bits per heavy atom. The Hall–Kier alpha value is -1.73. The van der Waals surface area contributed by atoms with Crippen molar-refractivity contribution in [2.24, 2.45) is 0 Å². The SMILES string of the molecule is CCCCCCCCC/C=C\CCCCCCC(O)C(=O)NC(CO)C(O)C(O)CCC/C=C/CC/C=C/CC/C=C/CCCCCCCCCCCCCCCCCCC. The van der Waals surface area contributed by atoms with Gasteiger partial charge in [0.25, 0.3) is 0 Å². The molecule has 4 atom stereocenters. The van der Waals surface area contributed by atoms with Crippen molar-refractivity contribution in [3.63, 3.8) is 0 Å². The van der Waals surface area contributed by atoms with Crippen LogP contribution in [0.4, 0.5) is 0 Å². The molecule has 0 spiro atoms. The Balaban J connectivity index is 3.72. The van der Waals surface area contributed by atoms with Crippen molar-refractivity contribution in [3.05, 3.63) is 48.6 Å². The molecule has 4 unspecified atom stereocenters. The maximum Gasteiger partial charge on any atom is 0.249 e. The molecule has 0 heterocycles. The minimum atomic E-state index is -1.30. The van der Waals surface area contributed by atoms with E-state index in [4.69, 9.17) is 0 Å². The Morgan fingerprint density at radius 2 is 0.689 bits per heavy atom. The average molecular weight is 858 g/mol. The fourth-order valence-corrected chi connectivity index (χ4v) is 8.02. The summed E-state index contributed by atoms with van der Waals surface area (Å²) in [6.45, 7) is 4.04. The summed E-state index contributed by atoms with van der Waals surface area (Å²) in [6, 6.07) is -1.02. The highest BCUT2D eigenvalue weighted by Gasteiger charge is 2.28. The van der Waals surface area contributed by atoms with Gasteiger partial charge in [-0.2, -0.15) is 0 Å². The maximum atomic E-state index is 12.5. The van der Waals surface area contributed by atoms with Gasteiger partial charge in [0, 0.05) is 0 Å². The molecule has 0 rings (SSSR count). The number of carbonyl (C=O) groups is 1. The molecule has 0 aliphatic heterocycles. The van der Waals surface area contributed by atoms with E-state index in [2.05, 4.69) is 67.8 Å². The van der Waals surface area contributed by atoms with Gasteiger partial charge in [-0.25, -0.2) is 0 Å². The number of unbranched alkanes of at least 4 members (excludes halogenated alkanes) is 31. The van der Waals surface area contributed by atoms with Gasteiger partial charge in [0.1, 0.15) is 12.2 Å². The van der Waals surface area contributed by atoms with E-state index in [-0.39, 0.29) is 0 Å². The molecular weight excluding hydrogens is 755 g/mol. The molecule has 5 N–H and O–H groups in total. The lowest BCUT2D eigenvalue weighted by Gasteiger charge is -2.27. The first kappa shape index (κ1) is 59.3. The molecule has 0 fully saturated rings. The summed E-state index contributed by atoms with van der Waals surface area (Å²) in [5.74, 6) is -0.608. The number of aliphatic hydroxyl groups is 4. The predicted molar refractivity (Wildman–Crippen MR) is 265 cm³/mol. The van der Waals surface area contributed by atoms with E-state index >= 15 is 0 Å². The molecule has 61 heavy (non-hydrogen) atoms. The van der Waals surface area contributed by atoms with Crippen molar-refractivity contribution < 1.29 is 25.2 Å². The molecule has 6 nitrogen and oxygen atoms in total. The van der Waals surface area contributed by atoms with Gasteiger partial charge < -0.3 is 25.7 Å². The van der Waals surface area contributed by atoms with Gasteiger partial charge in [-0.05, 0) is 89.9 Å². The van der Waals surface area contributed by atoms with Crippen LogP contribution in [0, 0.1) is 0 Å². The molecule has 0 radical (unpaired) electrons. The van der Waals surface area contributed by atoms with E-state index in [1.54, 1.807) is 0 Å². The Bertz CT molecular complexity index is 1010. The van der Waals surface area contributed by atoms with E-state index in [1.807, 2.05) is 0 Å². The highest BCUT2D eigenvalue weighted by atomic mass is 16.3. The topological polar surface area (TPSA) is 110 Å². The van der Waals surface area contributed by atoms with Gasteiger partial charge >= 0.3 is 0 Å². The van der Waals surface area contributed by atoms with E-state index in [0.717, 1.165) is 64.2 Å². The number of carbonyl (C=O) groups excluding carboxylic acids is 1. The van der Waals surface area contributed by atoms with Crippen LogP contribution in [-0.2, 0) is 4.79 Å². The molecule has 0 aliphatic carbocycles. The van der Waals surface area contributed by atoms with Crippen molar-refractivity contribution >= 4 is 5.91 Å². The molecule has 0 aromatic heterocycles. The summed E-state index contributed by atoms with van der Waals surface area (Å²) in [4.78, 5) is 12.5. The average Bonchev–Trinajstić information content (AvgIpc) is 3.26. The lowest BCUT2D eigenvalue weighted by atomic mass is 10.00. The van der Waals surface area contributed by atoms with Crippen LogP contribution in [0.25, 0.3) is 0 Å². The van der Waals surface area contributed by atoms with Gasteiger partial charge in [0.2, 0.25) is 5.91 Å². The van der Waals surface area contributed by atoms with Crippen molar-refractivity contribution in [3.8, 4) is 0 Å². The molecule has 358 valence electrons. The molecule has 0 saturated carbocycles. The Kier molecular flexibility index (Phi) is 47.9. The second-order valence-electron chi connectivity index (χ2n) is 18.2. The Labute approximate surface area is 379 Å². The van der Waals surface area contributed by atoms with E-state index in [1.165, 1.54) is 167 Å². The van der Waals surface area contributed by atoms with Crippen LogP contribution >= 0.6 is 0 Å². The number of aliphatic hydroxyl groups excluding tert-OH is 4. The van der Waals surface area contributed by atoms with Gasteiger partial charge in [0.15, 0.2) is 0 Å². The van der Waals surface area contributed by atoms with Crippen LogP contribution < -0.4 is 5.32 Å². The van der Waals surface area contributed by atoms with Crippen LogP contribution in [0.5, 0.6) is 0 Å². The van der Waals surface area contributed by atoms with Crippen molar-refractivity contribution in [2.75, 3.05) is 6.61 Å². The molecule has 1 amide bonds. The van der Waals surface area contributed by atoms with Gasteiger partial charge in [-0.15, -0.1) is 0 Å². The largest absolute Gasteiger partial charge is 0.394 e. The first-order valence-electron chi connectivity index (χ1n) is 26.5. The summed E-state index contributed by atoms with van der Waals surface area (Å²) in [7, 11) is 0. The van der Waals surface area contributed by atoms with Gasteiger partial charge in [-0.1, -0.05) is 223 Å². The first-order chi connectivity index (χ1) is 30.0. The maximum absolute atomic E-state index is 12.5. The third-order valence-electron chi connectivity index (χ3n) is 12.2. The smallest absolute Gasteiger partial charge is 0.249 e. The number of hydrogen-bond acceptors (Lipinski definition) is 5. The highest BCUT2D eigenvalue weighted by Crippen LogP contribution is 2.16. The van der Waals surface area contributed by atoms with Crippen LogP contribution in [0.1, 0.15) is 264 Å². The minimum Gasteiger partial charge on any atom is -0.394 e. The summed E-state index contributed by atoms with van der Waals surface area (Å²) < 4.78 is 0. The lowest BCUT2D eigenvalue weighted by molar-refractivity contribution is -0.132. The molecule has 0 bridgehead atoms. The summed E-state index contributed by atoms with van der Waals surface area (Å²) in [5.41, 5.74) is 0. The van der Waals surface area contributed by atoms with Crippen molar-refractivity contribution in [2.45, 2.75) is 289 Å². The molecule has 0 aromatic rings. The van der Waals surface area contributed by atoms with E-state index in [9.17, 15) is 25.2 Å². The predicted octanol–water partition coefficient (Wildman–Crippen LogP) is 15.0. The second-order valence-corrected chi connectivity index (χ2v) is 18.2. The van der Waals surface area contributed by atoms with E-state index < -0.39 is 36.9 Å². The molecular formula is C55H103NO5. The van der Waals surface area contributed by atoms with Crippen molar-refractivity contribution in [1.82, 2.24) is 5.32 Å². The molecule has 0 aromatic carbocycles. The third kappa shape index (κ3) is 43.3. The van der Waals surface area contributed by atoms with Crippen LogP contribution in [0.2, 0.25) is 0 Å². The summed E-state index contributed by atoms with van der Waals surface area (Å²) in [5, 5.41) is 43.8. The summed E-state index contributed by atoms with van der Waals surface area (Å²) >= 11 is 0. The Morgan fingerprint density at radius 1 is 0.393 bits per heavy atom. The normalized spacial score (nSPS) is 14.3. The summed E-state index contributed by atoms with van der Waals surface area (Å²) in [6.07, 6.45) is 61.8. The fraction of sp³-hybridized carbons (Fsp3) is 0.836. The highest BCUT2D eigenvalue weighted by molar-refractivity contribution is 5.80. The molecule has 6 heteroatoms. The van der Waals surface area contributed by atoms with Gasteiger partial charge in [-0.3, -0.25) is 4.79 Å². The van der Waals surface area contributed by atoms with Crippen LogP contribution in [-0.4, -0.2) is 57.3 Å². The zero-order chi connectivity index (χ0) is 44.5. The quantitative estimate of drug-likeness (QED) is 0.0309. The standard InChI is InChI=1S/C55H103NO5/c1-3-5-7-9-11-13-15-17-19-20-21-22-23-24-25-26-27-28-29-30-31-32-33-35-36-38-40-42-44-46-48-52(58)54(60)51(50-57)56-55(61)53(59)49-47-45-43-41-39-37-34-18-16-14-12-10-8-6-4-2/h29-30,33-35,37,40,42,51-54,57-60H,3-28,31-32,36,38-39,41,43-50H2,1-2H3,(H,56,61)/b30-29+,35-33+,37-34-,42-40+. The number of nitrogens with one attached hydrogen (secondary N) is 1.